The van der Waals surface area contributed by atoms with Crippen molar-refractivity contribution in [3.8, 4) is 11.8 Å². The summed E-state index contributed by atoms with van der Waals surface area (Å²) < 4.78 is 19.0. The Morgan fingerprint density at radius 1 is 1.33 bits per heavy atom. The molecule has 1 amide bonds. The Labute approximate surface area is 124 Å². The smallest absolute Gasteiger partial charge is 0.263 e. The van der Waals surface area contributed by atoms with Crippen LogP contribution in [-0.4, -0.2) is 30.0 Å². The van der Waals surface area contributed by atoms with Gasteiger partial charge in [0.2, 0.25) is 0 Å². The van der Waals surface area contributed by atoms with Crippen LogP contribution in [0, 0.1) is 17.1 Å². The van der Waals surface area contributed by atoms with E-state index in [1.54, 1.807) is 13.0 Å². The number of halogens is 1. The number of carbonyl (C=O) groups is 1. The zero-order valence-electron chi connectivity index (χ0n) is 12.1. The van der Waals surface area contributed by atoms with Gasteiger partial charge in [-0.1, -0.05) is 12.8 Å². The molecule has 112 valence electrons. The SMILES string of the molecule is CC(Oc1ccc(C#N)c(F)c1)C(=O)N1CCCCCC1. The van der Waals surface area contributed by atoms with Gasteiger partial charge in [0.1, 0.15) is 17.6 Å². The van der Waals surface area contributed by atoms with Crippen molar-refractivity contribution in [1.29, 1.82) is 5.26 Å². The van der Waals surface area contributed by atoms with Crippen LogP contribution in [0.2, 0.25) is 0 Å². The topological polar surface area (TPSA) is 53.3 Å². The van der Waals surface area contributed by atoms with Crippen molar-refractivity contribution >= 4 is 5.91 Å². The summed E-state index contributed by atoms with van der Waals surface area (Å²) >= 11 is 0. The molecule has 0 aliphatic carbocycles. The van der Waals surface area contributed by atoms with E-state index in [9.17, 15) is 9.18 Å². The second-order valence-electron chi connectivity index (χ2n) is 5.25. The fraction of sp³-hybridized carbons (Fsp3) is 0.500. The maximum Gasteiger partial charge on any atom is 0.263 e. The number of hydrogen-bond donors (Lipinski definition) is 0. The molecule has 1 aromatic carbocycles. The van der Waals surface area contributed by atoms with Gasteiger partial charge in [-0.25, -0.2) is 4.39 Å². The lowest BCUT2D eigenvalue weighted by Gasteiger charge is -2.24. The highest BCUT2D eigenvalue weighted by Gasteiger charge is 2.23. The highest BCUT2D eigenvalue weighted by atomic mass is 19.1. The van der Waals surface area contributed by atoms with Crippen molar-refractivity contribution < 1.29 is 13.9 Å². The maximum atomic E-state index is 13.5. The minimum Gasteiger partial charge on any atom is -0.481 e. The van der Waals surface area contributed by atoms with E-state index in [4.69, 9.17) is 10.00 Å². The van der Waals surface area contributed by atoms with E-state index in [0.717, 1.165) is 44.8 Å². The summed E-state index contributed by atoms with van der Waals surface area (Å²) in [4.78, 5) is 14.1. The molecular formula is C16H19FN2O2. The summed E-state index contributed by atoms with van der Waals surface area (Å²) in [6.45, 7) is 3.19. The number of rotatable bonds is 3. The molecule has 21 heavy (non-hydrogen) atoms. The predicted molar refractivity (Wildman–Crippen MR) is 76.3 cm³/mol. The summed E-state index contributed by atoms with van der Waals surface area (Å²) in [6, 6.07) is 5.76. The van der Waals surface area contributed by atoms with Crippen LogP contribution in [0.1, 0.15) is 38.2 Å². The summed E-state index contributed by atoms with van der Waals surface area (Å²) in [7, 11) is 0. The normalized spacial score (nSPS) is 16.7. The number of amides is 1. The molecule has 1 aromatic rings. The number of hydrogen-bond acceptors (Lipinski definition) is 3. The first-order valence-electron chi connectivity index (χ1n) is 7.27. The van der Waals surface area contributed by atoms with Crippen LogP contribution in [0.4, 0.5) is 4.39 Å². The molecule has 0 spiro atoms. The molecule has 1 saturated heterocycles. The molecule has 5 heteroatoms. The Morgan fingerprint density at radius 3 is 2.57 bits per heavy atom. The minimum atomic E-state index is -0.657. The second-order valence-corrected chi connectivity index (χ2v) is 5.25. The molecule has 1 atom stereocenters. The van der Waals surface area contributed by atoms with E-state index >= 15 is 0 Å². The first-order chi connectivity index (χ1) is 10.1. The van der Waals surface area contributed by atoms with Crippen molar-refractivity contribution in [1.82, 2.24) is 4.90 Å². The Bertz CT molecular complexity index is 546. The highest BCUT2D eigenvalue weighted by molar-refractivity contribution is 5.80. The standard InChI is InChI=1S/C16H19FN2O2/c1-12(16(20)19-8-4-2-3-5-9-19)21-14-7-6-13(11-18)15(17)10-14/h6-7,10,12H,2-5,8-9H2,1H3. The van der Waals surface area contributed by atoms with Gasteiger partial charge in [0, 0.05) is 19.2 Å². The van der Waals surface area contributed by atoms with Crippen LogP contribution >= 0.6 is 0 Å². The zero-order chi connectivity index (χ0) is 15.2. The van der Waals surface area contributed by atoms with Crippen LogP contribution in [0.15, 0.2) is 18.2 Å². The van der Waals surface area contributed by atoms with Crippen LogP contribution in [0.3, 0.4) is 0 Å². The van der Waals surface area contributed by atoms with Crippen molar-refractivity contribution in [2.24, 2.45) is 0 Å². The fourth-order valence-electron chi connectivity index (χ4n) is 2.46. The Hall–Kier alpha value is -2.09. The van der Waals surface area contributed by atoms with Crippen LogP contribution in [0.25, 0.3) is 0 Å². The van der Waals surface area contributed by atoms with Gasteiger partial charge in [0.05, 0.1) is 5.56 Å². The van der Waals surface area contributed by atoms with E-state index in [2.05, 4.69) is 0 Å². The third-order valence-corrected chi connectivity index (χ3v) is 3.64. The van der Waals surface area contributed by atoms with Crippen molar-refractivity contribution in [2.45, 2.75) is 38.7 Å². The van der Waals surface area contributed by atoms with E-state index in [1.165, 1.54) is 12.1 Å². The predicted octanol–water partition coefficient (Wildman–Crippen LogP) is 2.87. The number of nitrogens with zero attached hydrogens (tertiary/aromatic N) is 2. The molecule has 4 nitrogen and oxygen atoms in total. The quantitative estimate of drug-likeness (QED) is 0.860. The summed E-state index contributed by atoms with van der Waals surface area (Å²) in [5.41, 5.74) is -0.0335. The monoisotopic (exact) mass is 290 g/mol. The number of ether oxygens (including phenoxy) is 1. The number of benzene rings is 1. The highest BCUT2D eigenvalue weighted by Crippen LogP contribution is 2.18. The van der Waals surface area contributed by atoms with Gasteiger partial charge < -0.3 is 9.64 Å². The number of nitriles is 1. The fourth-order valence-corrected chi connectivity index (χ4v) is 2.46. The van der Waals surface area contributed by atoms with Crippen molar-refractivity contribution in [2.75, 3.05) is 13.1 Å². The van der Waals surface area contributed by atoms with Crippen LogP contribution in [0.5, 0.6) is 5.75 Å². The van der Waals surface area contributed by atoms with Gasteiger partial charge in [0.25, 0.3) is 5.91 Å². The lowest BCUT2D eigenvalue weighted by atomic mass is 10.2. The van der Waals surface area contributed by atoms with Gasteiger partial charge in [-0.2, -0.15) is 5.26 Å². The number of carbonyl (C=O) groups excluding carboxylic acids is 1. The lowest BCUT2D eigenvalue weighted by molar-refractivity contribution is -0.137. The van der Waals surface area contributed by atoms with E-state index in [1.807, 2.05) is 4.90 Å². The van der Waals surface area contributed by atoms with E-state index < -0.39 is 11.9 Å². The third kappa shape index (κ3) is 3.94. The van der Waals surface area contributed by atoms with Crippen molar-refractivity contribution in [3.63, 3.8) is 0 Å². The second kappa shape index (κ2) is 7.07. The van der Waals surface area contributed by atoms with Gasteiger partial charge in [-0.3, -0.25) is 4.79 Å². The molecule has 1 fully saturated rings. The summed E-state index contributed by atoms with van der Waals surface area (Å²) in [6.07, 6.45) is 3.68. The van der Waals surface area contributed by atoms with Crippen molar-refractivity contribution in [3.05, 3.63) is 29.6 Å². The molecule has 0 bridgehead atoms. The molecule has 2 rings (SSSR count). The Kier molecular flexibility index (Phi) is 5.15. The van der Waals surface area contributed by atoms with Gasteiger partial charge in [0.15, 0.2) is 6.10 Å². The zero-order valence-corrected chi connectivity index (χ0v) is 12.1. The molecule has 1 unspecified atom stereocenters. The van der Waals surface area contributed by atoms with Gasteiger partial charge >= 0.3 is 0 Å². The van der Waals surface area contributed by atoms with Crippen LogP contribution < -0.4 is 4.74 Å². The minimum absolute atomic E-state index is 0.0335. The van der Waals surface area contributed by atoms with E-state index in [-0.39, 0.29) is 17.2 Å². The molecule has 0 saturated carbocycles. The lowest BCUT2D eigenvalue weighted by Crippen LogP contribution is -2.41. The largest absolute Gasteiger partial charge is 0.481 e. The summed E-state index contributed by atoms with van der Waals surface area (Å²) in [5, 5.41) is 8.68. The van der Waals surface area contributed by atoms with E-state index in [0.29, 0.717) is 0 Å². The first kappa shape index (κ1) is 15.3. The number of likely N-dealkylation sites (tertiary alicyclic amines) is 1. The molecule has 1 aliphatic rings. The van der Waals surface area contributed by atoms with Gasteiger partial charge in [-0.15, -0.1) is 0 Å². The molecule has 1 heterocycles. The average molecular weight is 290 g/mol. The third-order valence-electron chi connectivity index (χ3n) is 3.64. The summed E-state index contributed by atoms with van der Waals surface area (Å²) in [5.74, 6) is -0.437. The molecular weight excluding hydrogens is 271 g/mol. The molecule has 0 N–H and O–H groups in total. The maximum absolute atomic E-state index is 13.5. The van der Waals surface area contributed by atoms with Gasteiger partial charge in [-0.05, 0) is 31.9 Å². The Balaban J connectivity index is 2.00. The Morgan fingerprint density at radius 2 is 2.00 bits per heavy atom. The van der Waals surface area contributed by atoms with Crippen LogP contribution in [-0.2, 0) is 4.79 Å². The molecule has 1 aliphatic heterocycles. The molecule has 0 aromatic heterocycles. The first-order valence-corrected chi connectivity index (χ1v) is 7.27. The average Bonchev–Trinajstić information content (AvgIpc) is 2.75. The molecule has 0 radical (unpaired) electrons.